The third-order valence-corrected chi connectivity index (χ3v) is 7.07. The lowest BCUT2D eigenvalue weighted by Gasteiger charge is -2.37. The van der Waals surface area contributed by atoms with Gasteiger partial charge in [0.2, 0.25) is 5.92 Å². The predicted octanol–water partition coefficient (Wildman–Crippen LogP) is 6.25. The summed E-state index contributed by atoms with van der Waals surface area (Å²) in [5.41, 5.74) is 4.51. The Morgan fingerprint density at radius 2 is 1.94 bits per heavy atom. The van der Waals surface area contributed by atoms with Gasteiger partial charge in [-0.1, -0.05) is 30.3 Å². The van der Waals surface area contributed by atoms with Crippen molar-refractivity contribution in [3.8, 4) is 11.5 Å². The van der Waals surface area contributed by atoms with E-state index in [0.29, 0.717) is 5.75 Å². The standard InChI is InChI=1S/C26H31ClF2N2O3/c1-16(30-25(27)32)20-6-4-18(5-7-20)14-31-11-10-22-21(17(31)2)8-9-23(24(22)33-3)34-15-19-12-26(28,29)13-19/h4-9,16-17,19H,10-15H2,1-3H3,(H,30,32)/t16-,17?/m0/s1. The minimum atomic E-state index is -2.54. The summed E-state index contributed by atoms with van der Waals surface area (Å²) in [5, 5.41) is 2.12. The zero-order chi connectivity index (χ0) is 24.5. The van der Waals surface area contributed by atoms with Gasteiger partial charge in [-0.15, -0.1) is 0 Å². The van der Waals surface area contributed by atoms with Gasteiger partial charge in [-0.2, -0.15) is 0 Å². The molecule has 2 aliphatic rings. The molecule has 1 saturated carbocycles. The highest BCUT2D eigenvalue weighted by Gasteiger charge is 2.45. The van der Waals surface area contributed by atoms with Crippen LogP contribution >= 0.6 is 11.6 Å². The number of fused-ring (bicyclic) bond motifs is 1. The lowest BCUT2D eigenvalue weighted by atomic mass is 9.82. The van der Waals surface area contributed by atoms with Gasteiger partial charge in [0, 0.05) is 43.5 Å². The van der Waals surface area contributed by atoms with E-state index in [0.717, 1.165) is 36.4 Å². The van der Waals surface area contributed by atoms with Crippen molar-refractivity contribution in [1.82, 2.24) is 10.2 Å². The number of carbonyl (C=O) groups is 1. The molecule has 0 saturated heterocycles. The quantitative estimate of drug-likeness (QED) is 0.349. The summed E-state index contributed by atoms with van der Waals surface area (Å²) < 4.78 is 37.8. The molecule has 1 amide bonds. The Labute approximate surface area is 204 Å². The number of benzene rings is 2. The number of hydrogen-bond donors (Lipinski definition) is 1. The number of rotatable bonds is 8. The topological polar surface area (TPSA) is 50.8 Å². The minimum absolute atomic E-state index is 0.104. The zero-order valence-corrected chi connectivity index (χ0v) is 20.5. The van der Waals surface area contributed by atoms with Crippen molar-refractivity contribution in [2.45, 2.75) is 57.7 Å². The minimum Gasteiger partial charge on any atom is -0.493 e. The molecule has 1 heterocycles. The van der Waals surface area contributed by atoms with E-state index in [1.165, 1.54) is 11.1 Å². The fraction of sp³-hybridized carbons (Fsp3) is 0.500. The van der Waals surface area contributed by atoms with Crippen LogP contribution in [0.5, 0.6) is 11.5 Å². The number of halogens is 3. The van der Waals surface area contributed by atoms with Gasteiger partial charge in [0.05, 0.1) is 19.8 Å². The van der Waals surface area contributed by atoms with Crippen LogP contribution in [0.25, 0.3) is 0 Å². The van der Waals surface area contributed by atoms with Crippen LogP contribution in [0.3, 0.4) is 0 Å². The van der Waals surface area contributed by atoms with Gasteiger partial charge in [0.25, 0.3) is 0 Å². The predicted molar refractivity (Wildman–Crippen MR) is 128 cm³/mol. The van der Waals surface area contributed by atoms with Crippen LogP contribution < -0.4 is 14.8 Å². The monoisotopic (exact) mass is 492 g/mol. The molecule has 5 nitrogen and oxygen atoms in total. The average Bonchev–Trinajstić information content (AvgIpc) is 2.77. The smallest absolute Gasteiger partial charge is 0.314 e. The van der Waals surface area contributed by atoms with Crippen LogP contribution in [-0.2, 0) is 13.0 Å². The number of alkyl halides is 2. The van der Waals surface area contributed by atoms with Gasteiger partial charge >= 0.3 is 5.37 Å². The van der Waals surface area contributed by atoms with Crippen molar-refractivity contribution in [2.24, 2.45) is 5.92 Å². The molecular formula is C26H31ClF2N2O3. The number of ether oxygens (including phenoxy) is 2. The number of methoxy groups -OCH3 is 1. The average molecular weight is 493 g/mol. The van der Waals surface area contributed by atoms with E-state index in [9.17, 15) is 13.6 Å². The van der Waals surface area contributed by atoms with E-state index < -0.39 is 11.3 Å². The lowest BCUT2D eigenvalue weighted by molar-refractivity contribution is -0.119. The number of nitrogens with one attached hydrogen (secondary N) is 1. The number of hydrogen-bond acceptors (Lipinski definition) is 4. The molecule has 2 aromatic carbocycles. The van der Waals surface area contributed by atoms with Crippen LogP contribution in [0.4, 0.5) is 13.6 Å². The molecule has 0 spiro atoms. The van der Waals surface area contributed by atoms with Crippen LogP contribution in [0.1, 0.15) is 61.0 Å². The normalized spacial score (nSPS) is 20.7. The molecule has 1 unspecified atom stereocenters. The number of nitrogens with zero attached hydrogens (tertiary/aromatic N) is 1. The van der Waals surface area contributed by atoms with Crippen molar-refractivity contribution in [3.05, 3.63) is 58.7 Å². The van der Waals surface area contributed by atoms with Gasteiger partial charge in [0.1, 0.15) is 0 Å². The summed E-state index contributed by atoms with van der Waals surface area (Å²) in [6, 6.07) is 12.2. The highest BCUT2D eigenvalue weighted by Crippen LogP contribution is 2.44. The highest BCUT2D eigenvalue weighted by molar-refractivity contribution is 6.62. The highest BCUT2D eigenvalue weighted by atomic mass is 35.5. The molecule has 1 fully saturated rings. The van der Waals surface area contributed by atoms with Crippen molar-refractivity contribution >= 4 is 17.0 Å². The van der Waals surface area contributed by atoms with E-state index >= 15 is 0 Å². The SMILES string of the molecule is COc1c(OCC2CC(F)(F)C2)ccc2c1CCN(Cc1ccc([C@H](C)NC(=O)Cl)cc1)C2C. The molecule has 1 N–H and O–H groups in total. The second-order valence-electron chi connectivity index (χ2n) is 9.38. The maximum absolute atomic E-state index is 13.1. The Morgan fingerprint density at radius 1 is 1.24 bits per heavy atom. The zero-order valence-electron chi connectivity index (χ0n) is 19.7. The molecule has 4 rings (SSSR count). The van der Waals surface area contributed by atoms with E-state index in [2.05, 4.69) is 35.3 Å². The van der Waals surface area contributed by atoms with Crippen LogP contribution in [0.15, 0.2) is 36.4 Å². The fourth-order valence-electron chi connectivity index (χ4n) is 4.98. The fourth-order valence-corrected chi connectivity index (χ4v) is 5.14. The van der Waals surface area contributed by atoms with Crippen molar-refractivity contribution < 1.29 is 23.0 Å². The molecule has 184 valence electrons. The molecule has 0 aromatic heterocycles. The lowest BCUT2D eigenvalue weighted by Crippen LogP contribution is -2.38. The van der Waals surface area contributed by atoms with Crippen molar-refractivity contribution in [2.75, 3.05) is 20.3 Å². The van der Waals surface area contributed by atoms with Gasteiger partial charge in [0.15, 0.2) is 11.5 Å². The maximum atomic E-state index is 13.1. The molecule has 0 radical (unpaired) electrons. The third kappa shape index (κ3) is 5.47. The van der Waals surface area contributed by atoms with Crippen molar-refractivity contribution in [1.29, 1.82) is 0 Å². The van der Waals surface area contributed by atoms with Gasteiger partial charge < -0.3 is 14.8 Å². The summed E-state index contributed by atoms with van der Waals surface area (Å²) >= 11 is 5.42. The van der Waals surface area contributed by atoms with Crippen LogP contribution in [0, 0.1) is 5.92 Å². The molecule has 2 aromatic rings. The second-order valence-corrected chi connectivity index (χ2v) is 9.73. The maximum Gasteiger partial charge on any atom is 0.314 e. The van der Waals surface area contributed by atoms with E-state index in [1.807, 2.05) is 25.1 Å². The Balaban J connectivity index is 1.41. The summed E-state index contributed by atoms with van der Waals surface area (Å²) in [4.78, 5) is 13.5. The Morgan fingerprint density at radius 3 is 2.56 bits per heavy atom. The van der Waals surface area contributed by atoms with E-state index in [-0.39, 0.29) is 37.5 Å². The summed E-state index contributed by atoms with van der Waals surface area (Å²) in [7, 11) is 1.63. The van der Waals surface area contributed by atoms with Crippen LogP contribution in [0.2, 0.25) is 0 Å². The largest absolute Gasteiger partial charge is 0.493 e. The first-order valence-corrected chi connectivity index (χ1v) is 12.0. The second kappa shape index (κ2) is 10.1. The molecule has 1 aliphatic heterocycles. The van der Waals surface area contributed by atoms with E-state index in [1.54, 1.807) is 7.11 Å². The molecule has 1 aliphatic carbocycles. The first-order valence-electron chi connectivity index (χ1n) is 11.7. The first kappa shape index (κ1) is 24.7. The Kier molecular flexibility index (Phi) is 7.33. The summed E-state index contributed by atoms with van der Waals surface area (Å²) in [6.07, 6.45) is 0.611. The summed E-state index contributed by atoms with van der Waals surface area (Å²) in [5.74, 6) is -1.29. The first-order chi connectivity index (χ1) is 16.2. The molecule has 2 atom stereocenters. The third-order valence-electron chi connectivity index (χ3n) is 6.96. The van der Waals surface area contributed by atoms with Crippen LogP contribution in [-0.4, -0.2) is 36.5 Å². The molecule has 8 heteroatoms. The Bertz CT molecular complexity index is 1020. The van der Waals surface area contributed by atoms with Gasteiger partial charge in [-0.25, -0.2) is 8.78 Å². The van der Waals surface area contributed by atoms with E-state index in [4.69, 9.17) is 21.1 Å². The van der Waals surface area contributed by atoms with Crippen molar-refractivity contribution in [3.63, 3.8) is 0 Å². The molecular weight excluding hydrogens is 462 g/mol. The molecule has 34 heavy (non-hydrogen) atoms. The Hall–Kier alpha value is -2.38. The van der Waals surface area contributed by atoms with Gasteiger partial charge in [-0.3, -0.25) is 9.69 Å². The van der Waals surface area contributed by atoms with Gasteiger partial charge in [-0.05, 0) is 54.6 Å². The number of amides is 1. The molecule has 0 bridgehead atoms. The summed E-state index contributed by atoms with van der Waals surface area (Å²) in [6.45, 7) is 6.03. The number of carbonyl (C=O) groups excluding carboxylic acids is 1.